The first-order chi connectivity index (χ1) is 8.20. The molecule has 0 bridgehead atoms. The average molecular weight is 271 g/mol. The predicted molar refractivity (Wildman–Crippen MR) is 73.7 cm³/mol. The summed E-state index contributed by atoms with van der Waals surface area (Å²) in [5.74, 6) is 1.40. The second-order valence-electron chi connectivity index (χ2n) is 4.23. The molecule has 0 radical (unpaired) electrons. The second kappa shape index (κ2) is 5.84. The fraction of sp³-hybridized carbons (Fsp3) is 0.636. The van der Waals surface area contributed by atoms with Crippen LogP contribution in [0, 0.1) is 0 Å². The molecule has 0 spiro atoms. The van der Waals surface area contributed by atoms with E-state index in [0.29, 0.717) is 17.5 Å². The molecular weight excluding hydrogens is 254 g/mol. The Hall–Kier alpha value is -0.590. The summed E-state index contributed by atoms with van der Waals surface area (Å²) < 4.78 is 0. The Morgan fingerprint density at radius 3 is 3.18 bits per heavy atom. The zero-order valence-electron chi connectivity index (χ0n) is 9.81. The summed E-state index contributed by atoms with van der Waals surface area (Å²) in [5, 5.41) is 5.49. The van der Waals surface area contributed by atoms with Gasteiger partial charge >= 0.3 is 0 Å². The maximum atomic E-state index is 11.7. The highest BCUT2D eigenvalue weighted by Gasteiger charge is 2.26. The van der Waals surface area contributed by atoms with Gasteiger partial charge in [0.1, 0.15) is 0 Å². The zero-order chi connectivity index (χ0) is 12.3. The van der Waals surface area contributed by atoms with Crippen LogP contribution < -0.4 is 11.1 Å². The third-order valence-electron chi connectivity index (χ3n) is 2.72. The number of nitrogens with one attached hydrogen (secondary N) is 1. The van der Waals surface area contributed by atoms with E-state index in [9.17, 15) is 4.79 Å². The summed E-state index contributed by atoms with van der Waals surface area (Å²) in [6.07, 6.45) is 5.16. The summed E-state index contributed by atoms with van der Waals surface area (Å²) in [7, 11) is 0. The minimum atomic E-state index is -0.435. The van der Waals surface area contributed by atoms with Gasteiger partial charge in [-0.25, -0.2) is 4.98 Å². The third kappa shape index (κ3) is 3.69. The molecular formula is C11H17N3OS2. The van der Waals surface area contributed by atoms with Gasteiger partial charge in [-0.3, -0.25) is 4.79 Å². The number of rotatable bonds is 6. The summed E-state index contributed by atoms with van der Waals surface area (Å²) in [6.45, 7) is 0. The summed E-state index contributed by atoms with van der Waals surface area (Å²) in [5.41, 5.74) is 6.90. The molecule has 2 rings (SSSR count). The molecule has 17 heavy (non-hydrogen) atoms. The fourth-order valence-corrected chi connectivity index (χ4v) is 2.77. The van der Waals surface area contributed by atoms with Gasteiger partial charge in [-0.15, -0.1) is 11.3 Å². The van der Waals surface area contributed by atoms with Gasteiger partial charge in [0.25, 0.3) is 0 Å². The number of amides is 1. The standard InChI is InChI=1S/C11H17N3OS2/c1-16-5-4-8(12)10(15)14-11-13-9(6-17-11)7-2-3-7/h6-8H,2-5,12H2,1H3,(H,13,14,15)/t8-/m1/s1. The topological polar surface area (TPSA) is 68.0 Å². The first-order valence-corrected chi connectivity index (χ1v) is 7.99. The van der Waals surface area contributed by atoms with Gasteiger partial charge in [0.2, 0.25) is 5.91 Å². The maximum absolute atomic E-state index is 11.7. The number of carbonyl (C=O) groups excluding carboxylic acids is 1. The molecule has 1 fully saturated rings. The van der Waals surface area contributed by atoms with E-state index in [2.05, 4.69) is 10.3 Å². The smallest absolute Gasteiger partial charge is 0.243 e. The fourth-order valence-electron chi connectivity index (χ4n) is 1.48. The second-order valence-corrected chi connectivity index (χ2v) is 6.07. The number of hydrogen-bond donors (Lipinski definition) is 2. The van der Waals surface area contributed by atoms with Gasteiger partial charge in [0.05, 0.1) is 11.7 Å². The number of nitrogens with zero attached hydrogens (tertiary/aromatic N) is 1. The lowest BCUT2D eigenvalue weighted by molar-refractivity contribution is -0.117. The van der Waals surface area contributed by atoms with Crippen molar-refractivity contribution in [3.8, 4) is 0 Å². The van der Waals surface area contributed by atoms with Crippen molar-refractivity contribution in [3.05, 3.63) is 11.1 Å². The van der Waals surface area contributed by atoms with E-state index in [0.717, 1.165) is 11.4 Å². The Balaban J connectivity index is 1.83. The molecule has 1 atom stereocenters. The van der Waals surface area contributed by atoms with Gasteiger partial charge in [0.15, 0.2) is 5.13 Å². The molecule has 6 heteroatoms. The van der Waals surface area contributed by atoms with Crippen molar-refractivity contribution in [1.29, 1.82) is 0 Å². The van der Waals surface area contributed by atoms with Crippen molar-refractivity contribution in [2.75, 3.05) is 17.3 Å². The molecule has 0 aromatic carbocycles. The van der Waals surface area contributed by atoms with Crippen LogP contribution in [0.5, 0.6) is 0 Å². The quantitative estimate of drug-likeness (QED) is 0.831. The van der Waals surface area contributed by atoms with E-state index in [1.165, 1.54) is 24.2 Å². The minimum Gasteiger partial charge on any atom is -0.320 e. The van der Waals surface area contributed by atoms with E-state index in [4.69, 9.17) is 5.73 Å². The first-order valence-electron chi connectivity index (χ1n) is 5.71. The van der Waals surface area contributed by atoms with Crippen molar-refractivity contribution in [1.82, 2.24) is 4.98 Å². The molecule has 1 aromatic rings. The van der Waals surface area contributed by atoms with E-state index >= 15 is 0 Å². The predicted octanol–water partition coefficient (Wildman–Crippen LogP) is 2.04. The van der Waals surface area contributed by atoms with Gasteiger partial charge in [-0.2, -0.15) is 11.8 Å². The monoisotopic (exact) mass is 271 g/mol. The molecule has 1 aliphatic rings. The van der Waals surface area contributed by atoms with Crippen LogP contribution in [0.4, 0.5) is 5.13 Å². The zero-order valence-corrected chi connectivity index (χ0v) is 11.4. The maximum Gasteiger partial charge on any atom is 0.243 e. The Morgan fingerprint density at radius 1 is 1.76 bits per heavy atom. The van der Waals surface area contributed by atoms with Crippen molar-refractivity contribution in [3.63, 3.8) is 0 Å². The number of thioether (sulfide) groups is 1. The van der Waals surface area contributed by atoms with Crippen LogP contribution in [0.1, 0.15) is 30.9 Å². The van der Waals surface area contributed by atoms with E-state index in [-0.39, 0.29) is 5.91 Å². The average Bonchev–Trinajstić information content (AvgIpc) is 3.07. The lowest BCUT2D eigenvalue weighted by Crippen LogP contribution is -2.36. The highest BCUT2D eigenvalue weighted by atomic mass is 32.2. The number of aromatic nitrogens is 1. The molecule has 0 unspecified atom stereocenters. The largest absolute Gasteiger partial charge is 0.320 e. The van der Waals surface area contributed by atoms with Crippen LogP contribution >= 0.6 is 23.1 Å². The Bertz CT molecular complexity index is 390. The SMILES string of the molecule is CSCC[C@@H](N)C(=O)Nc1nc(C2CC2)cs1. The van der Waals surface area contributed by atoms with E-state index in [1.54, 1.807) is 11.8 Å². The van der Waals surface area contributed by atoms with Gasteiger partial charge < -0.3 is 11.1 Å². The van der Waals surface area contributed by atoms with Crippen LogP contribution in [-0.4, -0.2) is 28.9 Å². The molecule has 1 aliphatic carbocycles. The van der Waals surface area contributed by atoms with Crippen molar-refractivity contribution in [2.45, 2.75) is 31.2 Å². The molecule has 1 saturated carbocycles. The number of nitrogens with two attached hydrogens (primary N) is 1. The van der Waals surface area contributed by atoms with E-state index < -0.39 is 6.04 Å². The molecule has 1 heterocycles. The Kier molecular flexibility index (Phi) is 4.42. The highest BCUT2D eigenvalue weighted by Crippen LogP contribution is 2.40. The molecule has 0 aliphatic heterocycles. The molecule has 1 aromatic heterocycles. The van der Waals surface area contributed by atoms with Crippen molar-refractivity contribution >= 4 is 34.1 Å². The lowest BCUT2D eigenvalue weighted by atomic mass is 10.2. The summed E-state index contributed by atoms with van der Waals surface area (Å²) in [4.78, 5) is 16.1. The van der Waals surface area contributed by atoms with E-state index in [1.807, 2.05) is 11.6 Å². The van der Waals surface area contributed by atoms with Gasteiger partial charge in [-0.1, -0.05) is 0 Å². The number of carbonyl (C=O) groups is 1. The first kappa shape index (κ1) is 12.9. The molecule has 1 amide bonds. The van der Waals surface area contributed by atoms with Crippen LogP contribution in [0.15, 0.2) is 5.38 Å². The van der Waals surface area contributed by atoms with Crippen molar-refractivity contribution < 1.29 is 4.79 Å². The number of anilines is 1. The summed E-state index contributed by atoms with van der Waals surface area (Å²) >= 11 is 3.18. The third-order valence-corrected chi connectivity index (χ3v) is 4.14. The highest BCUT2D eigenvalue weighted by molar-refractivity contribution is 7.98. The summed E-state index contributed by atoms with van der Waals surface area (Å²) in [6, 6.07) is -0.435. The van der Waals surface area contributed by atoms with Crippen LogP contribution in [0.2, 0.25) is 0 Å². The molecule has 3 N–H and O–H groups in total. The van der Waals surface area contributed by atoms with Crippen LogP contribution in [0.25, 0.3) is 0 Å². The van der Waals surface area contributed by atoms with Gasteiger partial charge in [0, 0.05) is 11.3 Å². The Morgan fingerprint density at radius 2 is 2.53 bits per heavy atom. The Labute approximate surface area is 109 Å². The molecule has 94 valence electrons. The lowest BCUT2D eigenvalue weighted by Gasteiger charge is -2.09. The van der Waals surface area contributed by atoms with Crippen LogP contribution in [-0.2, 0) is 4.79 Å². The van der Waals surface area contributed by atoms with Crippen molar-refractivity contribution in [2.24, 2.45) is 5.73 Å². The normalized spacial score (nSPS) is 16.8. The molecule has 0 saturated heterocycles. The number of thiazole rings is 1. The van der Waals surface area contributed by atoms with Gasteiger partial charge in [-0.05, 0) is 31.3 Å². The number of hydrogen-bond acceptors (Lipinski definition) is 5. The molecule has 4 nitrogen and oxygen atoms in total. The minimum absolute atomic E-state index is 0.129. The van der Waals surface area contributed by atoms with Crippen LogP contribution in [0.3, 0.4) is 0 Å².